The molecular formula is C12H23N. The topological polar surface area (TPSA) is 26.0 Å². The van der Waals surface area contributed by atoms with Gasteiger partial charge in [-0.2, -0.15) is 0 Å². The van der Waals surface area contributed by atoms with Gasteiger partial charge in [-0.1, -0.05) is 46.0 Å². The van der Waals surface area contributed by atoms with Crippen molar-refractivity contribution in [2.45, 2.75) is 46.0 Å². The van der Waals surface area contributed by atoms with Crippen molar-refractivity contribution in [2.24, 2.45) is 28.9 Å². The van der Waals surface area contributed by atoms with Gasteiger partial charge in [-0.15, -0.1) is 0 Å². The van der Waals surface area contributed by atoms with E-state index >= 15 is 0 Å². The highest BCUT2D eigenvalue weighted by molar-refractivity contribution is 5.08. The van der Waals surface area contributed by atoms with Gasteiger partial charge in [0.25, 0.3) is 0 Å². The predicted octanol–water partition coefficient (Wildman–Crippen LogP) is 2.80. The second-order valence-electron chi connectivity index (χ2n) is 5.59. The fraction of sp³-hybridized carbons (Fsp3) is 1.00. The minimum atomic E-state index is 0.566. The Bertz CT molecular complexity index is 180. The van der Waals surface area contributed by atoms with Gasteiger partial charge in [-0.3, -0.25) is 0 Å². The summed E-state index contributed by atoms with van der Waals surface area (Å²) in [5.74, 6) is 2.80. The molecule has 1 nitrogen and oxygen atoms in total. The summed E-state index contributed by atoms with van der Waals surface area (Å²) < 4.78 is 0. The van der Waals surface area contributed by atoms with E-state index in [0.717, 1.165) is 24.3 Å². The molecular weight excluding hydrogens is 158 g/mol. The van der Waals surface area contributed by atoms with Crippen LogP contribution in [0.4, 0.5) is 0 Å². The van der Waals surface area contributed by atoms with Gasteiger partial charge in [-0.05, 0) is 29.7 Å². The van der Waals surface area contributed by atoms with Crippen molar-refractivity contribution < 1.29 is 0 Å². The van der Waals surface area contributed by atoms with Gasteiger partial charge < -0.3 is 5.73 Å². The van der Waals surface area contributed by atoms with E-state index in [1.54, 1.807) is 0 Å². The van der Waals surface area contributed by atoms with Crippen molar-refractivity contribution in [3.05, 3.63) is 0 Å². The third-order valence-corrected chi connectivity index (χ3v) is 4.55. The van der Waals surface area contributed by atoms with Gasteiger partial charge >= 0.3 is 0 Å². The van der Waals surface area contributed by atoms with Crippen molar-refractivity contribution in [3.8, 4) is 0 Å². The van der Waals surface area contributed by atoms with Gasteiger partial charge in [-0.25, -0.2) is 0 Å². The first-order chi connectivity index (χ1) is 6.18. The summed E-state index contributed by atoms with van der Waals surface area (Å²) in [7, 11) is 0. The average molecular weight is 181 g/mol. The van der Waals surface area contributed by atoms with E-state index < -0.39 is 0 Å². The highest BCUT2D eigenvalue weighted by Gasteiger charge is 2.59. The molecule has 2 fully saturated rings. The maximum Gasteiger partial charge on any atom is -0.00407 e. The Balaban J connectivity index is 1.94. The molecule has 0 bridgehead atoms. The number of hydrogen-bond acceptors (Lipinski definition) is 1. The Morgan fingerprint density at radius 3 is 2.23 bits per heavy atom. The van der Waals surface area contributed by atoms with Crippen molar-refractivity contribution in [3.63, 3.8) is 0 Å². The molecule has 0 aliphatic heterocycles. The second kappa shape index (κ2) is 3.27. The molecule has 76 valence electrons. The molecule has 2 rings (SSSR count). The summed E-state index contributed by atoms with van der Waals surface area (Å²) >= 11 is 0. The van der Waals surface area contributed by atoms with Crippen LogP contribution in [0.1, 0.15) is 46.0 Å². The van der Waals surface area contributed by atoms with Crippen LogP contribution in [-0.2, 0) is 0 Å². The molecule has 0 aromatic heterocycles. The first-order valence-corrected chi connectivity index (χ1v) is 5.88. The fourth-order valence-corrected chi connectivity index (χ4v) is 3.67. The van der Waals surface area contributed by atoms with Crippen molar-refractivity contribution in [1.82, 2.24) is 0 Å². The van der Waals surface area contributed by atoms with E-state index in [0.29, 0.717) is 5.41 Å². The molecule has 2 aliphatic carbocycles. The lowest BCUT2D eigenvalue weighted by molar-refractivity contribution is 0.288. The zero-order valence-corrected chi connectivity index (χ0v) is 9.05. The molecule has 0 aromatic rings. The van der Waals surface area contributed by atoms with Gasteiger partial charge in [0.05, 0.1) is 0 Å². The number of rotatable bonds is 2. The van der Waals surface area contributed by atoms with Crippen molar-refractivity contribution in [1.29, 1.82) is 0 Å². The summed E-state index contributed by atoms with van der Waals surface area (Å²) in [6.07, 6.45) is 7.36. The van der Waals surface area contributed by atoms with E-state index in [4.69, 9.17) is 5.73 Å². The van der Waals surface area contributed by atoms with Crippen LogP contribution in [0.25, 0.3) is 0 Å². The normalized spacial score (nSPS) is 39.0. The predicted molar refractivity (Wildman–Crippen MR) is 56.4 cm³/mol. The van der Waals surface area contributed by atoms with Crippen LogP contribution in [0.2, 0.25) is 0 Å². The largest absolute Gasteiger partial charge is 0.330 e. The van der Waals surface area contributed by atoms with Gasteiger partial charge in [0, 0.05) is 0 Å². The molecule has 2 N–H and O–H groups in total. The van der Waals surface area contributed by atoms with Crippen LogP contribution in [0.15, 0.2) is 0 Å². The third kappa shape index (κ3) is 1.52. The Morgan fingerprint density at radius 2 is 1.77 bits per heavy atom. The van der Waals surface area contributed by atoms with E-state index in [9.17, 15) is 0 Å². The van der Waals surface area contributed by atoms with E-state index in [1.165, 1.54) is 32.1 Å². The van der Waals surface area contributed by atoms with Gasteiger partial charge in [0.2, 0.25) is 0 Å². The summed E-state index contributed by atoms with van der Waals surface area (Å²) in [4.78, 5) is 0. The van der Waals surface area contributed by atoms with Crippen molar-refractivity contribution >= 4 is 0 Å². The summed E-state index contributed by atoms with van der Waals surface area (Å²) in [6.45, 7) is 5.72. The van der Waals surface area contributed by atoms with E-state index in [2.05, 4.69) is 13.8 Å². The summed E-state index contributed by atoms with van der Waals surface area (Å²) in [5, 5.41) is 0. The zero-order valence-electron chi connectivity index (χ0n) is 9.05. The highest BCUT2D eigenvalue weighted by atomic mass is 14.7. The number of nitrogens with two attached hydrogens (primary N) is 1. The van der Waals surface area contributed by atoms with E-state index in [-0.39, 0.29) is 0 Å². The summed E-state index contributed by atoms with van der Waals surface area (Å²) in [6, 6.07) is 0. The molecule has 0 saturated heterocycles. The highest BCUT2D eigenvalue weighted by Crippen LogP contribution is 2.63. The van der Waals surface area contributed by atoms with Crippen LogP contribution < -0.4 is 5.73 Å². The molecule has 0 heterocycles. The van der Waals surface area contributed by atoms with Crippen LogP contribution in [0.5, 0.6) is 0 Å². The van der Waals surface area contributed by atoms with Gasteiger partial charge in [0.15, 0.2) is 0 Å². The molecule has 0 spiro atoms. The molecule has 13 heavy (non-hydrogen) atoms. The molecule has 2 saturated carbocycles. The molecule has 0 radical (unpaired) electrons. The van der Waals surface area contributed by atoms with Crippen LogP contribution in [-0.4, -0.2) is 6.54 Å². The SMILES string of the molecule is CC1(C)C(CN)C1C1CCCCC1. The monoisotopic (exact) mass is 181 g/mol. The van der Waals surface area contributed by atoms with Crippen LogP contribution >= 0.6 is 0 Å². The Morgan fingerprint density at radius 1 is 1.15 bits per heavy atom. The number of hydrogen-bond donors (Lipinski definition) is 1. The average Bonchev–Trinajstić information content (AvgIpc) is 2.69. The lowest BCUT2D eigenvalue weighted by atomic mass is 9.83. The minimum Gasteiger partial charge on any atom is -0.330 e. The van der Waals surface area contributed by atoms with E-state index in [1.807, 2.05) is 0 Å². The lowest BCUT2D eigenvalue weighted by Crippen LogP contribution is -2.12. The standard InChI is InChI=1S/C12H23N/c1-12(2)10(8-13)11(12)9-6-4-3-5-7-9/h9-11H,3-8,13H2,1-2H3. The molecule has 2 unspecified atom stereocenters. The van der Waals surface area contributed by atoms with Gasteiger partial charge in [0.1, 0.15) is 0 Å². The maximum absolute atomic E-state index is 5.81. The molecule has 2 atom stereocenters. The van der Waals surface area contributed by atoms with Crippen LogP contribution in [0, 0.1) is 23.2 Å². The second-order valence-corrected chi connectivity index (χ2v) is 5.59. The first-order valence-electron chi connectivity index (χ1n) is 5.88. The Labute approximate surface area is 82.1 Å². The van der Waals surface area contributed by atoms with Crippen LogP contribution in [0.3, 0.4) is 0 Å². The zero-order chi connectivity index (χ0) is 9.47. The quantitative estimate of drug-likeness (QED) is 0.696. The smallest absolute Gasteiger partial charge is 0.00407 e. The Hall–Kier alpha value is -0.0400. The molecule has 1 heteroatoms. The third-order valence-electron chi connectivity index (χ3n) is 4.55. The lowest BCUT2D eigenvalue weighted by Gasteiger charge is -2.22. The van der Waals surface area contributed by atoms with Crippen molar-refractivity contribution in [2.75, 3.05) is 6.54 Å². The summed E-state index contributed by atoms with van der Waals surface area (Å²) in [5.41, 5.74) is 6.37. The molecule has 2 aliphatic rings. The fourth-order valence-electron chi connectivity index (χ4n) is 3.67. The molecule has 0 aromatic carbocycles. The minimum absolute atomic E-state index is 0.566. The first kappa shape index (κ1) is 9.51. The Kier molecular flexibility index (Phi) is 2.39. The maximum atomic E-state index is 5.81. The molecule has 0 amide bonds.